The molecule has 4 N–H and O–H groups in total. The van der Waals surface area contributed by atoms with Crippen molar-refractivity contribution in [1.29, 1.82) is 0 Å². The number of carbonyl (C=O) groups is 4. The first-order valence-corrected chi connectivity index (χ1v) is 7.06. The molecule has 2 unspecified atom stereocenters. The molecule has 1 aliphatic heterocycles. The number of aliphatic carboxylic acids is 1. The molecule has 9 nitrogen and oxygen atoms in total. The fraction of sp³-hybridized carbons (Fsp3) is 0.333. The lowest BCUT2D eigenvalue weighted by Crippen LogP contribution is -2.41. The monoisotopic (exact) mass is 335 g/mol. The Morgan fingerprint density at radius 3 is 2.62 bits per heavy atom. The predicted octanol–water partition coefficient (Wildman–Crippen LogP) is -0.429. The zero-order chi connectivity index (χ0) is 17.9. The van der Waals surface area contributed by atoms with E-state index in [0.29, 0.717) is 5.56 Å². The second-order valence-corrected chi connectivity index (χ2v) is 5.39. The van der Waals surface area contributed by atoms with Gasteiger partial charge in [0.15, 0.2) is 6.10 Å². The van der Waals surface area contributed by atoms with Crippen LogP contribution in [0, 0.1) is 0 Å². The molecular weight excluding hydrogens is 318 g/mol. The molecule has 0 aliphatic carbocycles. The topological polar surface area (TPSA) is 134 Å². The van der Waals surface area contributed by atoms with Crippen LogP contribution in [0.25, 0.3) is 0 Å². The van der Waals surface area contributed by atoms with Crippen LogP contribution in [0.1, 0.15) is 22.8 Å². The molecule has 1 aliphatic rings. The zero-order valence-electron chi connectivity index (χ0n) is 13.1. The number of ether oxygens (including phenoxy) is 1. The van der Waals surface area contributed by atoms with Crippen molar-refractivity contribution in [2.75, 3.05) is 13.7 Å². The van der Waals surface area contributed by atoms with Crippen molar-refractivity contribution in [3.05, 3.63) is 35.4 Å². The molecule has 1 heterocycles. The molecule has 1 fully saturated rings. The highest BCUT2D eigenvalue weighted by atomic mass is 16.5. The van der Waals surface area contributed by atoms with E-state index in [0.717, 1.165) is 0 Å². The zero-order valence-corrected chi connectivity index (χ0v) is 13.1. The maximum atomic E-state index is 12.2. The maximum absolute atomic E-state index is 12.2. The van der Waals surface area contributed by atoms with Crippen LogP contribution >= 0.6 is 0 Å². The summed E-state index contributed by atoms with van der Waals surface area (Å²) in [6.07, 6.45) is -1.16. The second kappa shape index (κ2) is 6.67. The van der Waals surface area contributed by atoms with E-state index in [1.54, 1.807) is 12.1 Å². The van der Waals surface area contributed by atoms with Crippen LogP contribution in [0.3, 0.4) is 0 Å². The van der Waals surface area contributed by atoms with Crippen LogP contribution in [-0.2, 0) is 19.9 Å². The molecule has 0 saturated carbocycles. The molecule has 4 amide bonds. The largest absolute Gasteiger partial charge is 0.479 e. The minimum absolute atomic E-state index is 0.205. The van der Waals surface area contributed by atoms with E-state index in [-0.39, 0.29) is 12.1 Å². The van der Waals surface area contributed by atoms with Gasteiger partial charge in [-0.3, -0.25) is 14.9 Å². The number of rotatable bonds is 6. The lowest BCUT2D eigenvalue weighted by Gasteiger charge is -2.21. The van der Waals surface area contributed by atoms with Gasteiger partial charge in [0.05, 0.1) is 6.54 Å². The van der Waals surface area contributed by atoms with Gasteiger partial charge in [-0.25, -0.2) is 9.59 Å². The highest BCUT2D eigenvalue weighted by Gasteiger charge is 2.43. The fourth-order valence-electron chi connectivity index (χ4n) is 2.28. The molecule has 128 valence electrons. The van der Waals surface area contributed by atoms with Crippen molar-refractivity contribution in [3.63, 3.8) is 0 Å². The Hall–Kier alpha value is -2.94. The van der Waals surface area contributed by atoms with Crippen LogP contribution in [-0.4, -0.2) is 48.7 Å². The summed E-state index contributed by atoms with van der Waals surface area (Å²) in [7, 11) is 1.23. The van der Waals surface area contributed by atoms with Crippen molar-refractivity contribution >= 4 is 23.8 Å². The van der Waals surface area contributed by atoms with Gasteiger partial charge in [0.25, 0.3) is 11.8 Å². The number of benzene rings is 1. The van der Waals surface area contributed by atoms with Gasteiger partial charge in [0.1, 0.15) is 5.54 Å². The summed E-state index contributed by atoms with van der Waals surface area (Å²) < 4.78 is 4.73. The summed E-state index contributed by atoms with van der Waals surface area (Å²) in [5.41, 5.74) is -0.619. The van der Waals surface area contributed by atoms with E-state index in [9.17, 15) is 19.2 Å². The summed E-state index contributed by atoms with van der Waals surface area (Å²) in [4.78, 5) is 46.3. The molecule has 1 aromatic rings. The van der Waals surface area contributed by atoms with Crippen LogP contribution in [0.15, 0.2) is 24.3 Å². The van der Waals surface area contributed by atoms with Gasteiger partial charge < -0.3 is 20.5 Å². The first kappa shape index (κ1) is 17.4. The minimum atomic E-state index is -1.27. The Kier molecular flexibility index (Phi) is 4.84. The van der Waals surface area contributed by atoms with Crippen molar-refractivity contribution in [1.82, 2.24) is 16.0 Å². The summed E-state index contributed by atoms with van der Waals surface area (Å²) in [6.45, 7) is 1.32. The van der Waals surface area contributed by atoms with Gasteiger partial charge in [0, 0.05) is 12.7 Å². The number of amides is 4. The van der Waals surface area contributed by atoms with E-state index in [1.807, 2.05) is 0 Å². The number of carboxylic acids is 1. The molecular formula is C15H17N3O6. The molecule has 1 saturated heterocycles. The lowest BCUT2D eigenvalue weighted by atomic mass is 9.91. The average Bonchev–Trinajstić information content (AvgIpc) is 2.81. The van der Waals surface area contributed by atoms with Crippen LogP contribution in [0.5, 0.6) is 0 Å². The smallest absolute Gasteiger partial charge is 0.334 e. The number of hydrogen-bond acceptors (Lipinski definition) is 5. The van der Waals surface area contributed by atoms with Gasteiger partial charge in [-0.1, -0.05) is 12.1 Å². The summed E-state index contributed by atoms with van der Waals surface area (Å²) in [5.74, 6) is -2.23. The van der Waals surface area contributed by atoms with Crippen LogP contribution < -0.4 is 16.0 Å². The Morgan fingerprint density at radius 1 is 1.38 bits per heavy atom. The third-order valence-corrected chi connectivity index (χ3v) is 3.75. The summed E-state index contributed by atoms with van der Waals surface area (Å²) in [6, 6.07) is 5.54. The van der Waals surface area contributed by atoms with E-state index in [4.69, 9.17) is 9.84 Å². The van der Waals surface area contributed by atoms with E-state index in [1.165, 1.54) is 26.2 Å². The van der Waals surface area contributed by atoms with Crippen LogP contribution in [0.4, 0.5) is 4.79 Å². The number of methoxy groups -OCH3 is 1. The third kappa shape index (κ3) is 3.35. The van der Waals surface area contributed by atoms with Crippen LogP contribution in [0.2, 0.25) is 0 Å². The Bertz CT molecular complexity index is 704. The first-order chi connectivity index (χ1) is 11.3. The Labute approximate surface area is 137 Å². The predicted molar refractivity (Wildman–Crippen MR) is 81.2 cm³/mol. The number of hydrogen-bond donors (Lipinski definition) is 4. The van der Waals surface area contributed by atoms with Gasteiger partial charge in [0.2, 0.25) is 0 Å². The quantitative estimate of drug-likeness (QED) is 0.521. The molecule has 0 spiro atoms. The second-order valence-electron chi connectivity index (χ2n) is 5.39. The normalized spacial score (nSPS) is 20.9. The van der Waals surface area contributed by atoms with E-state index < -0.39 is 35.5 Å². The summed E-state index contributed by atoms with van der Waals surface area (Å²) >= 11 is 0. The highest BCUT2D eigenvalue weighted by molar-refractivity contribution is 6.07. The first-order valence-electron chi connectivity index (χ1n) is 7.06. The Morgan fingerprint density at radius 2 is 2.08 bits per heavy atom. The molecule has 0 bridgehead atoms. The van der Waals surface area contributed by atoms with E-state index in [2.05, 4.69) is 16.0 Å². The highest BCUT2D eigenvalue weighted by Crippen LogP contribution is 2.25. The van der Waals surface area contributed by atoms with Gasteiger partial charge in [-0.05, 0) is 24.6 Å². The average molecular weight is 335 g/mol. The van der Waals surface area contributed by atoms with Crippen molar-refractivity contribution in [2.24, 2.45) is 0 Å². The molecule has 2 rings (SSSR count). The molecule has 0 aromatic heterocycles. The number of imide groups is 1. The number of carboxylic acid groups (broad SMARTS) is 1. The van der Waals surface area contributed by atoms with Crippen molar-refractivity contribution in [2.45, 2.75) is 18.6 Å². The third-order valence-electron chi connectivity index (χ3n) is 3.75. The SMILES string of the molecule is COC(CNC(=O)c1cccc(C2(C)NC(=O)NC2=O)c1)C(=O)O. The number of urea groups is 1. The van der Waals surface area contributed by atoms with Gasteiger partial charge >= 0.3 is 12.0 Å². The fourth-order valence-corrected chi connectivity index (χ4v) is 2.28. The van der Waals surface area contributed by atoms with E-state index >= 15 is 0 Å². The van der Waals surface area contributed by atoms with Crippen molar-refractivity contribution in [3.8, 4) is 0 Å². The summed E-state index contributed by atoms with van der Waals surface area (Å²) in [5, 5.41) is 16.0. The molecule has 2 atom stereocenters. The molecule has 1 aromatic carbocycles. The molecule has 24 heavy (non-hydrogen) atoms. The van der Waals surface area contributed by atoms with Gasteiger partial charge in [-0.2, -0.15) is 0 Å². The van der Waals surface area contributed by atoms with Gasteiger partial charge in [-0.15, -0.1) is 0 Å². The Balaban J connectivity index is 2.16. The number of nitrogens with one attached hydrogen (secondary N) is 3. The number of carbonyl (C=O) groups excluding carboxylic acids is 3. The standard InChI is InChI=1S/C15H17N3O6/c1-15(13(22)17-14(23)18-15)9-5-3-4-8(6-9)11(19)16-7-10(24-2)12(20)21/h3-6,10H,7H2,1-2H3,(H,16,19)(H,20,21)(H2,17,18,22,23). The lowest BCUT2D eigenvalue weighted by molar-refractivity contribution is -0.148. The maximum Gasteiger partial charge on any atom is 0.334 e. The van der Waals surface area contributed by atoms with Crippen molar-refractivity contribution < 1.29 is 29.0 Å². The molecule has 9 heteroatoms. The minimum Gasteiger partial charge on any atom is -0.479 e. The molecule has 0 radical (unpaired) electrons.